The Balaban J connectivity index is 1.50. The fourth-order valence-corrected chi connectivity index (χ4v) is 2.97. The summed E-state index contributed by atoms with van der Waals surface area (Å²) in [5.74, 6) is 0.245. The van der Waals surface area contributed by atoms with Gasteiger partial charge in [-0.1, -0.05) is 24.3 Å². The monoisotopic (exact) mass is 408 g/mol. The van der Waals surface area contributed by atoms with E-state index < -0.39 is 5.97 Å². The van der Waals surface area contributed by atoms with Crippen LogP contribution in [0.3, 0.4) is 0 Å². The molecule has 29 heavy (non-hydrogen) atoms. The van der Waals surface area contributed by atoms with Crippen LogP contribution in [0.1, 0.15) is 26.4 Å². The Labute approximate surface area is 172 Å². The van der Waals surface area contributed by atoms with Crippen LogP contribution < -0.4 is 14.9 Å². The van der Waals surface area contributed by atoms with Gasteiger partial charge in [0.05, 0.1) is 6.21 Å². The summed E-state index contributed by atoms with van der Waals surface area (Å²) in [6, 6.07) is 16.0. The summed E-state index contributed by atoms with van der Waals surface area (Å²) in [4.78, 5) is 24.4. The highest BCUT2D eigenvalue weighted by Crippen LogP contribution is 2.17. The van der Waals surface area contributed by atoms with Crippen LogP contribution in [0, 0.1) is 13.8 Å². The van der Waals surface area contributed by atoms with Gasteiger partial charge in [0.1, 0.15) is 16.4 Å². The molecule has 0 radical (unpaired) electrons. The molecule has 0 spiro atoms. The number of thiophene rings is 1. The van der Waals surface area contributed by atoms with Crippen LogP contribution in [0.2, 0.25) is 0 Å². The zero-order valence-electron chi connectivity index (χ0n) is 16.0. The summed E-state index contributed by atoms with van der Waals surface area (Å²) in [5, 5.41) is 5.72. The predicted octanol–water partition coefficient (Wildman–Crippen LogP) is 4.11. The highest BCUT2D eigenvalue weighted by molar-refractivity contribution is 7.12. The van der Waals surface area contributed by atoms with Gasteiger partial charge in [-0.15, -0.1) is 11.3 Å². The van der Waals surface area contributed by atoms with Crippen LogP contribution in [0.15, 0.2) is 65.1 Å². The molecule has 0 saturated heterocycles. The van der Waals surface area contributed by atoms with Crippen molar-refractivity contribution in [1.82, 2.24) is 5.43 Å². The van der Waals surface area contributed by atoms with Crippen LogP contribution in [-0.2, 0) is 4.79 Å². The maximum absolute atomic E-state index is 12.0. The van der Waals surface area contributed by atoms with Crippen molar-refractivity contribution < 1.29 is 19.1 Å². The van der Waals surface area contributed by atoms with Gasteiger partial charge in [0.25, 0.3) is 5.91 Å². The molecular weight excluding hydrogens is 388 g/mol. The van der Waals surface area contributed by atoms with E-state index in [9.17, 15) is 9.59 Å². The fourth-order valence-electron chi connectivity index (χ4n) is 2.37. The first kappa shape index (κ1) is 20.3. The largest absolute Gasteiger partial charge is 0.484 e. The molecule has 2 aromatic carbocycles. The Kier molecular flexibility index (Phi) is 6.76. The first-order valence-corrected chi connectivity index (χ1v) is 9.77. The average molecular weight is 408 g/mol. The molecule has 0 unspecified atom stereocenters. The summed E-state index contributed by atoms with van der Waals surface area (Å²) < 4.78 is 10.8. The smallest absolute Gasteiger partial charge is 0.353 e. The van der Waals surface area contributed by atoms with Crippen LogP contribution in [-0.4, -0.2) is 24.7 Å². The molecule has 0 saturated carbocycles. The van der Waals surface area contributed by atoms with Crippen LogP contribution in [0.5, 0.6) is 11.5 Å². The number of benzene rings is 2. The molecule has 7 heteroatoms. The van der Waals surface area contributed by atoms with Gasteiger partial charge in [-0.25, -0.2) is 10.2 Å². The Morgan fingerprint density at radius 1 is 1.03 bits per heavy atom. The second-order valence-electron chi connectivity index (χ2n) is 6.27. The van der Waals surface area contributed by atoms with Crippen molar-refractivity contribution in [1.29, 1.82) is 0 Å². The minimum Gasteiger partial charge on any atom is -0.484 e. The minimum atomic E-state index is -0.411. The fraction of sp³-hybridized carbons (Fsp3) is 0.136. The number of hydrogen-bond acceptors (Lipinski definition) is 6. The second-order valence-corrected chi connectivity index (χ2v) is 7.21. The molecule has 0 bridgehead atoms. The molecule has 0 aliphatic rings. The third-order valence-electron chi connectivity index (χ3n) is 4.04. The molecule has 6 nitrogen and oxygen atoms in total. The Morgan fingerprint density at radius 2 is 1.90 bits per heavy atom. The lowest BCUT2D eigenvalue weighted by molar-refractivity contribution is -0.123. The summed E-state index contributed by atoms with van der Waals surface area (Å²) in [7, 11) is 0. The second kappa shape index (κ2) is 9.66. The maximum atomic E-state index is 12.0. The minimum absolute atomic E-state index is 0.141. The summed E-state index contributed by atoms with van der Waals surface area (Å²) >= 11 is 1.32. The van der Waals surface area contributed by atoms with E-state index in [0.717, 1.165) is 11.1 Å². The number of carbonyl (C=O) groups is 2. The highest BCUT2D eigenvalue weighted by atomic mass is 32.1. The Hall–Kier alpha value is -3.45. The number of amides is 1. The molecular formula is C22H20N2O4S. The normalized spacial score (nSPS) is 10.7. The number of esters is 1. The van der Waals surface area contributed by atoms with Crippen molar-refractivity contribution in [3.63, 3.8) is 0 Å². The lowest BCUT2D eigenvalue weighted by Crippen LogP contribution is -2.24. The van der Waals surface area contributed by atoms with Gasteiger partial charge in [0.15, 0.2) is 6.61 Å². The van der Waals surface area contributed by atoms with Crippen molar-refractivity contribution in [2.75, 3.05) is 6.61 Å². The lowest BCUT2D eigenvalue weighted by atomic mass is 10.1. The number of aryl methyl sites for hydroxylation is 2. The van der Waals surface area contributed by atoms with Crippen molar-refractivity contribution in [3.05, 3.63) is 81.5 Å². The molecule has 0 aliphatic heterocycles. The molecule has 3 aromatic rings. The average Bonchev–Trinajstić information content (AvgIpc) is 3.24. The van der Waals surface area contributed by atoms with Crippen molar-refractivity contribution in [2.45, 2.75) is 13.8 Å². The van der Waals surface area contributed by atoms with E-state index in [1.807, 2.05) is 37.4 Å². The van der Waals surface area contributed by atoms with Crippen LogP contribution >= 0.6 is 11.3 Å². The van der Waals surface area contributed by atoms with Crippen LogP contribution in [0.25, 0.3) is 0 Å². The molecule has 148 valence electrons. The third kappa shape index (κ3) is 6.02. The molecule has 1 aromatic heterocycles. The van der Waals surface area contributed by atoms with E-state index in [2.05, 4.69) is 10.5 Å². The molecule has 3 rings (SSSR count). The van der Waals surface area contributed by atoms with E-state index >= 15 is 0 Å². The molecule has 1 amide bonds. The summed E-state index contributed by atoms with van der Waals surface area (Å²) in [6.07, 6.45) is 1.47. The van der Waals surface area contributed by atoms with Gasteiger partial charge in [-0.05, 0) is 66.2 Å². The number of rotatable bonds is 7. The standard InChI is InChI=1S/C22H20N2O4S/c1-15-8-9-18(11-16(15)2)27-14-21(25)24-23-13-17-5-3-6-19(12-17)28-22(26)20-7-4-10-29-20/h3-13H,14H2,1-2H3,(H,24,25). The molecule has 1 N–H and O–H groups in total. The molecule has 0 atom stereocenters. The zero-order valence-corrected chi connectivity index (χ0v) is 16.9. The molecule has 0 aliphatic carbocycles. The van der Waals surface area contributed by atoms with Gasteiger partial charge in [0, 0.05) is 0 Å². The van der Waals surface area contributed by atoms with Crippen molar-refractivity contribution in [2.24, 2.45) is 5.10 Å². The maximum Gasteiger partial charge on any atom is 0.353 e. The number of nitrogens with one attached hydrogen (secondary N) is 1. The number of hydrogen-bond donors (Lipinski definition) is 1. The quantitative estimate of drug-likeness (QED) is 0.276. The third-order valence-corrected chi connectivity index (χ3v) is 4.89. The van der Waals surface area contributed by atoms with Gasteiger partial charge >= 0.3 is 5.97 Å². The van der Waals surface area contributed by atoms with Crippen molar-refractivity contribution in [3.8, 4) is 11.5 Å². The van der Waals surface area contributed by atoms with Crippen molar-refractivity contribution >= 4 is 29.4 Å². The topological polar surface area (TPSA) is 77.0 Å². The summed E-state index contributed by atoms with van der Waals surface area (Å²) in [5.41, 5.74) is 5.35. The highest BCUT2D eigenvalue weighted by Gasteiger charge is 2.09. The first-order chi connectivity index (χ1) is 14.0. The number of nitrogens with zero attached hydrogens (tertiary/aromatic N) is 1. The van der Waals surface area contributed by atoms with Gasteiger partial charge in [-0.3, -0.25) is 4.79 Å². The van der Waals surface area contributed by atoms with Gasteiger partial charge < -0.3 is 9.47 Å². The van der Waals surface area contributed by atoms with E-state index in [1.54, 1.807) is 36.4 Å². The molecule has 0 fully saturated rings. The number of hydrazone groups is 1. The number of carbonyl (C=O) groups excluding carboxylic acids is 2. The predicted molar refractivity (Wildman–Crippen MR) is 113 cm³/mol. The van der Waals surface area contributed by atoms with Crippen LogP contribution in [0.4, 0.5) is 0 Å². The first-order valence-electron chi connectivity index (χ1n) is 8.89. The van der Waals surface area contributed by atoms with E-state index in [1.165, 1.54) is 17.6 Å². The Morgan fingerprint density at radius 3 is 2.66 bits per heavy atom. The van der Waals surface area contributed by atoms with Gasteiger partial charge in [0.2, 0.25) is 0 Å². The van der Waals surface area contributed by atoms with E-state index in [0.29, 0.717) is 21.9 Å². The lowest BCUT2D eigenvalue weighted by Gasteiger charge is -2.07. The Bertz CT molecular complexity index is 1030. The zero-order chi connectivity index (χ0) is 20.6. The van der Waals surface area contributed by atoms with E-state index in [-0.39, 0.29) is 12.5 Å². The molecule has 1 heterocycles. The number of ether oxygens (including phenoxy) is 2. The van der Waals surface area contributed by atoms with E-state index in [4.69, 9.17) is 9.47 Å². The SMILES string of the molecule is Cc1ccc(OCC(=O)NN=Cc2cccc(OC(=O)c3cccs3)c2)cc1C. The van der Waals surface area contributed by atoms with Gasteiger partial charge in [-0.2, -0.15) is 5.10 Å². The summed E-state index contributed by atoms with van der Waals surface area (Å²) in [6.45, 7) is 3.86.